The summed E-state index contributed by atoms with van der Waals surface area (Å²) in [5.74, 6) is -0.883. The molecule has 0 radical (unpaired) electrons. The molecule has 0 fully saturated rings. The van der Waals surface area contributed by atoms with E-state index in [0.717, 1.165) is 0 Å². The number of likely N-dealkylation sites (N-methyl/N-ethyl adjacent to an activating group) is 1. The highest BCUT2D eigenvalue weighted by molar-refractivity contribution is 7.98. The molecule has 1 aromatic rings. The van der Waals surface area contributed by atoms with Crippen molar-refractivity contribution in [3.63, 3.8) is 0 Å². The SMILES string of the molecule is CNC(=O)[C@@H](C)OC(=O)c1cccnc1SC. The van der Waals surface area contributed by atoms with Crippen LogP contribution in [0.2, 0.25) is 0 Å². The summed E-state index contributed by atoms with van der Waals surface area (Å²) in [4.78, 5) is 27.1. The van der Waals surface area contributed by atoms with E-state index < -0.39 is 12.1 Å². The molecule has 0 unspecified atom stereocenters. The number of aromatic nitrogens is 1. The van der Waals surface area contributed by atoms with Gasteiger partial charge in [-0.1, -0.05) is 0 Å². The summed E-state index contributed by atoms with van der Waals surface area (Å²) in [6.07, 6.45) is 2.61. The van der Waals surface area contributed by atoms with Crippen molar-refractivity contribution in [3.8, 4) is 0 Å². The van der Waals surface area contributed by atoms with E-state index in [1.54, 1.807) is 18.3 Å². The minimum Gasteiger partial charge on any atom is -0.449 e. The Morgan fingerprint density at radius 1 is 1.53 bits per heavy atom. The summed E-state index contributed by atoms with van der Waals surface area (Å²) in [6.45, 7) is 1.52. The van der Waals surface area contributed by atoms with Crippen molar-refractivity contribution in [1.29, 1.82) is 0 Å². The maximum Gasteiger partial charge on any atom is 0.341 e. The lowest BCUT2D eigenvalue weighted by molar-refractivity contribution is -0.128. The molecule has 1 heterocycles. The first kappa shape index (κ1) is 13.5. The molecule has 5 nitrogen and oxygen atoms in total. The van der Waals surface area contributed by atoms with Crippen LogP contribution >= 0.6 is 11.8 Å². The normalized spacial score (nSPS) is 11.7. The molecule has 0 bridgehead atoms. The maximum atomic E-state index is 11.8. The number of pyridine rings is 1. The predicted molar refractivity (Wildman–Crippen MR) is 65.0 cm³/mol. The molecule has 0 saturated heterocycles. The standard InChI is InChI=1S/C11H14N2O3S/c1-7(9(14)12-2)16-11(15)8-5-4-6-13-10(8)17-3/h4-7H,1-3H3,(H,12,14)/t7-/m1/s1. The Kier molecular flexibility index (Phi) is 4.96. The van der Waals surface area contributed by atoms with Crippen molar-refractivity contribution in [1.82, 2.24) is 10.3 Å². The highest BCUT2D eigenvalue weighted by Gasteiger charge is 2.19. The molecule has 0 spiro atoms. The molecule has 1 atom stereocenters. The average molecular weight is 254 g/mol. The van der Waals surface area contributed by atoms with Gasteiger partial charge in [-0.15, -0.1) is 11.8 Å². The Balaban J connectivity index is 2.79. The summed E-state index contributed by atoms with van der Waals surface area (Å²) in [7, 11) is 1.49. The molecule has 0 aliphatic heterocycles. The Hall–Kier alpha value is -1.56. The van der Waals surface area contributed by atoms with E-state index in [-0.39, 0.29) is 5.91 Å². The number of rotatable bonds is 4. The van der Waals surface area contributed by atoms with Gasteiger partial charge in [-0.25, -0.2) is 9.78 Å². The van der Waals surface area contributed by atoms with Crippen LogP contribution in [0.15, 0.2) is 23.4 Å². The lowest BCUT2D eigenvalue weighted by Gasteiger charge is -2.12. The fourth-order valence-corrected chi connectivity index (χ4v) is 1.73. The van der Waals surface area contributed by atoms with E-state index in [2.05, 4.69) is 10.3 Å². The number of nitrogens with zero attached hydrogens (tertiary/aromatic N) is 1. The molecule has 1 aromatic heterocycles. The molecule has 17 heavy (non-hydrogen) atoms. The third-order valence-electron chi connectivity index (χ3n) is 2.08. The van der Waals surface area contributed by atoms with Gasteiger partial charge in [0.25, 0.3) is 5.91 Å². The fourth-order valence-electron chi connectivity index (χ4n) is 1.19. The summed E-state index contributed by atoms with van der Waals surface area (Å²) in [6, 6.07) is 3.28. The Labute approximate surface area is 104 Å². The molecule has 1 amide bonds. The van der Waals surface area contributed by atoms with Crippen LogP contribution < -0.4 is 5.32 Å². The summed E-state index contributed by atoms with van der Waals surface area (Å²) in [5.41, 5.74) is 0.371. The van der Waals surface area contributed by atoms with Crippen LogP contribution in [0.25, 0.3) is 0 Å². The van der Waals surface area contributed by atoms with Crippen LogP contribution in [-0.2, 0) is 9.53 Å². The van der Waals surface area contributed by atoms with Gasteiger partial charge in [-0.05, 0) is 25.3 Å². The molecule has 0 aromatic carbocycles. The van der Waals surface area contributed by atoms with Crippen LogP contribution in [0.4, 0.5) is 0 Å². The number of ether oxygens (including phenoxy) is 1. The third-order valence-corrected chi connectivity index (χ3v) is 2.80. The lowest BCUT2D eigenvalue weighted by atomic mass is 10.3. The highest BCUT2D eigenvalue weighted by atomic mass is 32.2. The van der Waals surface area contributed by atoms with Crippen LogP contribution in [-0.4, -0.2) is 36.3 Å². The van der Waals surface area contributed by atoms with Gasteiger partial charge >= 0.3 is 5.97 Å². The second kappa shape index (κ2) is 6.24. The zero-order valence-electron chi connectivity index (χ0n) is 9.89. The third kappa shape index (κ3) is 3.45. The predicted octanol–water partition coefficient (Wildman–Crippen LogP) is 1.09. The maximum absolute atomic E-state index is 11.8. The number of carbonyl (C=O) groups excluding carboxylic acids is 2. The van der Waals surface area contributed by atoms with Crippen LogP contribution in [0, 0.1) is 0 Å². The van der Waals surface area contributed by atoms with Crippen molar-refractivity contribution >= 4 is 23.6 Å². The van der Waals surface area contributed by atoms with E-state index in [4.69, 9.17) is 4.74 Å². The lowest BCUT2D eigenvalue weighted by Crippen LogP contribution is -2.33. The van der Waals surface area contributed by atoms with E-state index >= 15 is 0 Å². The van der Waals surface area contributed by atoms with Gasteiger partial charge < -0.3 is 10.1 Å². The van der Waals surface area contributed by atoms with E-state index in [1.807, 2.05) is 6.26 Å². The van der Waals surface area contributed by atoms with E-state index in [9.17, 15) is 9.59 Å². The number of esters is 1. The van der Waals surface area contributed by atoms with Crippen molar-refractivity contribution in [2.45, 2.75) is 18.1 Å². The van der Waals surface area contributed by atoms with Gasteiger partial charge in [0, 0.05) is 13.2 Å². The van der Waals surface area contributed by atoms with Gasteiger partial charge in [0.2, 0.25) is 0 Å². The average Bonchev–Trinajstić information content (AvgIpc) is 2.37. The van der Waals surface area contributed by atoms with Gasteiger partial charge in [-0.2, -0.15) is 0 Å². The number of amides is 1. The molecular weight excluding hydrogens is 240 g/mol. The summed E-state index contributed by atoms with van der Waals surface area (Å²) >= 11 is 1.35. The monoisotopic (exact) mass is 254 g/mol. The molecule has 92 valence electrons. The van der Waals surface area contributed by atoms with Crippen molar-refractivity contribution in [3.05, 3.63) is 23.9 Å². The fraction of sp³-hybridized carbons (Fsp3) is 0.364. The second-order valence-electron chi connectivity index (χ2n) is 3.22. The van der Waals surface area contributed by atoms with Crippen LogP contribution in [0.5, 0.6) is 0 Å². The van der Waals surface area contributed by atoms with E-state index in [1.165, 1.54) is 25.7 Å². The molecular formula is C11H14N2O3S. The minimum atomic E-state index is -0.817. The second-order valence-corrected chi connectivity index (χ2v) is 4.02. The molecule has 0 saturated carbocycles. The molecule has 1 N–H and O–H groups in total. The van der Waals surface area contributed by atoms with Crippen LogP contribution in [0.3, 0.4) is 0 Å². The highest BCUT2D eigenvalue weighted by Crippen LogP contribution is 2.18. The molecule has 0 aliphatic carbocycles. The van der Waals surface area contributed by atoms with Crippen molar-refractivity contribution in [2.24, 2.45) is 0 Å². The molecule has 1 rings (SSSR count). The topological polar surface area (TPSA) is 68.3 Å². The summed E-state index contributed by atoms with van der Waals surface area (Å²) < 4.78 is 5.03. The number of hydrogen-bond acceptors (Lipinski definition) is 5. The number of carbonyl (C=O) groups is 2. The number of nitrogens with one attached hydrogen (secondary N) is 1. The van der Waals surface area contributed by atoms with Crippen molar-refractivity contribution in [2.75, 3.05) is 13.3 Å². The Bertz CT molecular complexity index is 423. The molecule has 0 aliphatic rings. The van der Waals surface area contributed by atoms with E-state index in [0.29, 0.717) is 10.6 Å². The first-order valence-corrected chi connectivity index (χ1v) is 6.24. The van der Waals surface area contributed by atoms with Crippen LogP contribution in [0.1, 0.15) is 17.3 Å². The number of hydrogen-bond donors (Lipinski definition) is 1. The largest absolute Gasteiger partial charge is 0.449 e. The van der Waals surface area contributed by atoms with Gasteiger partial charge in [-0.3, -0.25) is 4.79 Å². The van der Waals surface area contributed by atoms with Crippen molar-refractivity contribution < 1.29 is 14.3 Å². The van der Waals surface area contributed by atoms with Gasteiger partial charge in [0.1, 0.15) is 5.03 Å². The number of thioether (sulfide) groups is 1. The minimum absolute atomic E-state index is 0.340. The van der Waals surface area contributed by atoms with Gasteiger partial charge in [0.05, 0.1) is 5.56 Å². The molecule has 6 heteroatoms. The zero-order valence-corrected chi connectivity index (χ0v) is 10.7. The quantitative estimate of drug-likeness (QED) is 0.643. The Morgan fingerprint density at radius 2 is 2.24 bits per heavy atom. The van der Waals surface area contributed by atoms with Gasteiger partial charge in [0.15, 0.2) is 6.10 Å². The first-order valence-electron chi connectivity index (χ1n) is 5.01. The first-order chi connectivity index (χ1) is 8.10. The summed E-state index contributed by atoms with van der Waals surface area (Å²) in [5, 5.41) is 3.00. The Morgan fingerprint density at radius 3 is 2.82 bits per heavy atom. The zero-order chi connectivity index (χ0) is 12.8. The smallest absolute Gasteiger partial charge is 0.341 e.